The zero-order valence-electron chi connectivity index (χ0n) is 13.2. The molecule has 110 valence electrons. The summed E-state index contributed by atoms with van der Waals surface area (Å²) in [6.45, 7) is 5.00. The van der Waals surface area contributed by atoms with Crippen molar-refractivity contribution in [3.8, 4) is 0 Å². The van der Waals surface area contributed by atoms with E-state index < -0.39 is 0 Å². The summed E-state index contributed by atoms with van der Waals surface area (Å²) >= 11 is 0. The maximum absolute atomic E-state index is 2.59. The molecule has 5 unspecified atom stereocenters. The van der Waals surface area contributed by atoms with Gasteiger partial charge in [0.05, 0.1) is 0 Å². The molecule has 0 aliphatic heterocycles. The van der Waals surface area contributed by atoms with Crippen LogP contribution in [0.2, 0.25) is 0 Å². The van der Waals surface area contributed by atoms with E-state index in [9.17, 15) is 0 Å². The molecule has 19 heavy (non-hydrogen) atoms. The first-order chi connectivity index (χ1) is 9.31. The summed E-state index contributed by atoms with van der Waals surface area (Å²) in [5, 5.41) is 0. The van der Waals surface area contributed by atoms with Crippen LogP contribution in [0.15, 0.2) is 0 Å². The molecule has 0 aromatic carbocycles. The maximum Gasteiger partial charge on any atom is -0.0324 e. The van der Waals surface area contributed by atoms with Crippen molar-refractivity contribution in [3.05, 3.63) is 0 Å². The van der Waals surface area contributed by atoms with Crippen molar-refractivity contribution in [3.63, 3.8) is 0 Å². The van der Waals surface area contributed by atoms with Crippen molar-refractivity contribution in [2.75, 3.05) is 0 Å². The smallest absolute Gasteiger partial charge is 0.0324 e. The molecule has 0 saturated heterocycles. The van der Waals surface area contributed by atoms with Gasteiger partial charge in [0.15, 0.2) is 0 Å². The van der Waals surface area contributed by atoms with Crippen molar-refractivity contribution in [1.82, 2.24) is 0 Å². The Labute approximate surface area is 120 Å². The second-order valence-electron chi connectivity index (χ2n) is 8.00. The van der Waals surface area contributed by atoms with E-state index in [0.29, 0.717) is 0 Å². The molecule has 0 aromatic heterocycles. The predicted molar refractivity (Wildman–Crippen MR) is 83.1 cm³/mol. The molecule has 3 saturated carbocycles. The Bertz CT molecular complexity index is 276. The number of fused-ring (bicyclic) bond motifs is 1. The van der Waals surface area contributed by atoms with Gasteiger partial charge in [-0.1, -0.05) is 71.6 Å². The molecule has 3 aliphatic rings. The first-order valence-corrected chi connectivity index (χ1v) is 9.31. The first-order valence-electron chi connectivity index (χ1n) is 9.31. The van der Waals surface area contributed by atoms with Gasteiger partial charge in [0.1, 0.15) is 0 Å². The van der Waals surface area contributed by atoms with Crippen LogP contribution >= 0.6 is 0 Å². The van der Waals surface area contributed by atoms with Gasteiger partial charge in [0, 0.05) is 0 Å². The average Bonchev–Trinajstić information content (AvgIpc) is 2.88. The molecule has 0 nitrogen and oxygen atoms in total. The van der Waals surface area contributed by atoms with Crippen LogP contribution in [-0.4, -0.2) is 0 Å². The molecular weight excluding hydrogens is 228 g/mol. The molecule has 0 spiro atoms. The minimum atomic E-state index is 1.02. The van der Waals surface area contributed by atoms with Gasteiger partial charge in [-0.25, -0.2) is 0 Å². The van der Waals surface area contributed by atoms with E-state index in [1.165, 1.54) is 32.1 Å². The highest BCUT2D eigenvalue weighted by molar-refractivity contribution is 4.96. The van der Waals surface area contributed by atoms with Gasteiger partial charge in [0.25, 0.3) is 0 Å². The zero-order valence-corrected chi connectivity index (χ0v) is 13.2. The van der Waals surface area contributed by atoms with Crippen molar-refractivity contribution in [2.45, 2.75) is 84.5 Å². The molecule has 0 heteroatoms. The fourth-order valence-electron chi connectivity index (χ4n) is 6.24. The average molecular weight is 262 g/mol. The van der Waals surface area contributed by atoms with Crippen LogP contribution in [0.5, 0.6) is 0 Å². The summed E-state index contributed by atoms with van der Waals surface area (Å²) in [6, 6.07) is 0. The Hall–Kier alpha value is 0. The second kappa shape index (κ2) is 6.19. The third-order valence-electron chi connectivity index (χ3n) is 6.93. The lowest BCUT2D eigenvalue weighted by Gasteiger charge is -2.49. The normalized spacial score (nSPS) is 44.2. The van der Waals surface area contributed by atoms with Gasteiger partial charge in [-0.2, -0.15) is 0 Å². The monoisotopic (exact) mass is 262 g/mol. The van der Waals surface area contributed by atoms with Crippen LogP contribution < -0.4 is 0 Å². The first kappa shape index (κ1) is 14.0. The van der Waals surface area contributed by atoms with Gasteiger partial charge in [-0.3, -0.25) is 0 Å². The van der Waals surface area contributed by atoms with Gasteiger partial charge in [-0.15, -0.1) is 0 Å². The molecule has 3 fully saturated rings. The maximum atomic E-state index is 2.59. The summed E-state index contributed by atoms with van der Waals surface area (Å²) in [6.07, 6.45) is 16.9. The quantitative estimate of drug-likeness (QED) is 0.580. The molecule has 3 rings (SSSR count). The Kier molecular flexibility index (Phi) is 4.54. The molecule has 0 N–H and O–H groups in total. The van der Waals surface area contributed by atoms with E-state index >= 15 is 0 Å². The number of rotatable bonds is 3. The minimum absolute atomic E-state index is 1.02. The number of hydrogen-bond donors (Lipinski definition) is 0. The zero-order chi connectivity index (χ0) is 13.2. The van der Waals surface area contributed by atoms with Gasteiger partial charge in [-0.05, 0) is 48.3 Å². The molecule has 5 atom stereocenters. The Morgan fingerprint density at radius 1 is 0.842 bits per heavy atom. The van der Waals surface area contributed by atoms with Gasteiger partial charge in [0.2, 0.25) is 0 Å². The summed E-state index contributed by atoms with van der Waals surface area (Å²) < 4.78 is 0. The van der Waals surface area contributed by atoms with Gasteiger partial charge >= 0.3 is 0 Å². The van der Waals surface area contributed by atoms with Crippen LogP contribution in [-0.2, 0) is 0 Å². The lowest BCUT2D eigenvalue weighted by Crippen LogP contribution is -2.41. The fourth-order valence-corrected chi connectivity index (χ4v) is 6.24. The largest absolute Gasteiger partial charge is 0.0654 e. The second-order valence-corrected chi connectivity index (χ2v) is 8.00. The summed E-state index contributed by atoms with van der Waals surface area (Å²) in [5.74, 6) is 6.58. The molecular formula is C19H34. The van der Waals surface area contributed by atoms with E-state index in [1.807, 2.05) is 0 Å². The molecule has 0 heterocycles. The summed E-state index contributed by atoms with van der Waals surface area (Å²) in [4.78, 5) is 0. The number of hydrogen-bond acceptors (Lipinski definition) is 0. The van der Waals surface area contributed by atoms with Crippen molar-refractivity contribution >= 4 is 0 Å². The molecule has 0 aromatic rings. The fraction of sp³-hybridized carbons (Fsp3) is 1.00. The van der Waals surface area contributed by atoms with Crippen LogP contribution in [0.1, 0.15) is 84.5 Å². The van der Waals surface area contributed by atoms with Crippen LogP contribution in [0.25, 0.3) is 0 Å². The van der Waals surface area contributed by atoms with Crippen molar-refractivity contribution in [2.24, 2.45) is 35.5 Å². The van der Waals surface area contributed by atoms with Crippen LogP contribution in [0.4, 0.5) is 0 Å². The van der Waals surface area contributed by atoms with E-state index in [0.717, 1.165) is 35.5 Å². The molecule has 0 amide bonds. The Morgan fingerprint density at radius 2 is 1.58 bits per heavy atom. The molecule has 0 bridgehead atoms. The summed E-state index contributed by atoms with van der Waals surface area (Å²) in [7, 11) is 0. The van der Waals surface area contributed by atoms with Crippen molar-refractivity contribution in [1.29, 1.82) is 0 Å². The lowest BCUT2D eigenvalue weighted by atomic mass is 9.56. The Morgan fingerprint density at radius 3 is 2.32 bits per heavy atom. The van der Waals surface area contributed by atoms with E-state index in [1.54, 1.807) is 38.5 Å². The van der Waals surface area contributed by atoms with Crippen LogP contribution in [0.3, 0.4) is 0 Å². The third-order valence-corrected chi connectivity index (χ3v) is 6.93. The highest BCUT2D eigenvalue weighted by atomic mass is 14.5. The summed E-state index contributed by atoms with van der Waals surface area (Å²) in [5.41, 5.74) is 0. The third kappa shape index (κ3) is 2.74. The lowest BCUT2D eigenvalue weighted by molar-refractivity contribution is 0.00320. The van der Waals surface area contributed by atoms with Crippen LogP contribution in [0, 0.1) is 35.5 Å². The van der Waals surface area contributed by atoms with Gasteiger partial charge < -0.3 is 0 Å². The topological polar surface area (TPSA) is 0 Å². The standard InChI is InChI=1S/C19H34/c1-3-8-17-14(2)13-16-11-7-12-18(16)19(17)15-9-5-4-6-10-15/h14-19H,3-13H2,1-2H3. The Balaban J connectivity index is 1.79. The van der Waals surface area contributed by atoms with E-state index in [-0.39, 0.29) is 0 Å². The predicted octanol–water partition coefficient (Wildman–Crippen LogP) is 6.06. The molecule has 0 radical (unpaired) electrons. The van der Waals surface area contributed by atoms with Crippen molar-refractivity contribution < 1.29 is 0 Å². The highest BCUT2D eigenvalue weighted by Crippen LogP contribution is 2.55. The minimum Gasteiger partial charge on any atom is -0.0654 e. The highest BCUT2D eigenvalue weighted by Gasteiger charge is 2.47. The SMILES string of the molecule is CCCC1C(C)CC2CCCC2C1C1CCCCC1. The van der Waals surface area contributed by atoms with E-state index in [4.69, 9.17) is 0 Å². The van der Waals surface area contributed by atoms with E-state index in [2.05, 4.69) is 13.8 Å². The molecule has 3 aliphatic carbocycles.